The Morgan fingerprint density at radius 2 is 2.25 bits per heavy atom. The molecule has 2 aromatic heterocycles. The Kier molecular flexibility index (Phi) is 3.58. The number of aryl methyl sites for hydroxylation is 1. The van der Waals surface area contributed by atoms with Crippen molar-refractivity contribution >= 4 is 17.2 Å². The highest BCUT2D eigenvalue weighted by molar-refractivity contribution is 7.12. The summed E-state index contributed by atoms with van der Waals surface area (Å²) in [5.74, 6) is 1.14. The monoisotopic (exact) mass is 290 g/mol. The van der Waals surface area contributed by atoms with Gasteiger partial charge in [-0.05, 0) is 18.5 Å². The molecular weight excluding hydrogens is 272 g/mol. The van der Waals surface area contributed by atoms with E-state index in [2.05, 4.69) is 16.9 Å². The zero-order valence-corrected chi connectivity index (χ0v) is 12.5. The summed E-state index contributed by atoms with van der Waals surface area (Å²) >= 11 is 1.50. The molecule has 1 aliphatic heterocycles. The van der Waals surface area contributed by atoms with Gasteiger partial charge in [0.1, 0.15) is 5.82 Å². The number of likely N-dealkylation sites (N-methyl/N-ethyl adjacent to an activating group) is 1. The Morgan fingerprint density at radius 3 is 2.90 bits per heavy atom. The summed E-state index contributed by atoms with van der Waals surface area (Å²) in [6.45, 7) is 2.33. The normalized spacial score (nSPS) is 20.3. The fraction of sp³-hybridized carbons (Fsp3) is 0.429. The van der Waals surface area contributed by atoms with E-state index >= 15 is 0 Å². The lowest BCUT2D eigenvalue weighted by Gasteiger charge is -2.38. The second-order valence-corrected chi connectivity index (χ2v) is 6.07. The molecule has 1 fully saturated rings. The number of rotatable bonds is 2. The van der Waals surface area contributed by atoms with Crippen LogP contribution in [0.4, 0.5) is 0 Å². The molecule has 3 rings (SSSR count). The molecule has 1 unspecified atom stereocenters. The largest absolute Gasteiger partial charge is 0.337 e. The summed E-state index contributed by atoms with van der Waals surface area (Å²) < 4.78 is 2.03. The predicted molar refractivity (Wildman–Crippen MR) is 78.8 cm³/mol. The van der Waals surface area contributed by atoms with Crippen LogP contribution in [-0.2, 0) is 7.05 Å². The van der Waals surface area contributed by atoms with Gasteiger partial charge in [0.05, 0.1) is 10.9 Å². The third-order valence-corrected chi connectivity index (χ3v) is 4.68. The molecule has 0 N–H and O–H groups in total. The molecule has 5 nitrogen and oxygen atoms in total. The van der Waals surface area contributed by atoms with Gasteiger partial charge < -0.3 is 9.47 Å². The highest BCUT2D eigenvalue weighted by Crippen LogP contribution is 2.24. The second-order valence-electron chi connectivity index (χ2n) is 5.12. The quantitative estimate of drug-likeness (QED) is 0.844. The number of imidazole rings is 1. The molecule has 0 spiro atoms. The maximum Gasteiger partial charge on any atom is 0.264 e. The Hall–Kier alpha value is -1.66. The zero-order chi connectivity index (χ0) is 14.1. The first kappa shape index (κ1) is 13.3. The summed E-state index contributed by atoms with van der Waals surface area (Å²) in [6, 6.07) is 3.97. The lowest BCUT2D eigenvalue weighted by Crippen LogP contribution is -2.49. The summed E-state index contributed by atoms with van der Waals surface area (Å²) in [7, 11) is 4.09. The molecule has 0 bridgehead atoms. The van der Waals surface area contributed by atoms with E-state index in [1.165, 1.54) is 11.3 Å². The fourth-order valence-electron chi connectivity index (χ4n) is 2.59. The molecule has 3 heterocycles. The van der Waals surface area contributed by atoms with Gasteiger partial charge in [-0.2, -0.15) is 0 Å². The predicted octanol–water partition coefficient (Wildman–Crippen LogP) is 1.61. The smallest absolute Gasteiger partial charge is 0.264 e. The van der Waals surface area contributed by atoms with Gasteiger partial charge in [-0.3, -0.25) is 9.69 Å². The molecule has 1 saturated heterocycles. The van der Waals surface area contributed by atoms with Crippen LogP contribution in [-0.4, -0.2) is 51.9 Å². The third kappa shape index (κ3) is 2.36. The highest BCUT2D eigenvalue weighted by atomic mass is 32.1. The van der Waals surface area contributed by atoms with Crippen LogP contribution in [0.15, 0.2) is 29.9 Å². The number of hydrogen-bond acceptors (Lipinski definition) is 4. The van der Waals surface area contributed by atoms with E-state index in [0.29, 0.717) is 6.54 Å². The van der Waals surface area contributed by atoms with Crippen molar-refractivity contribution in [3.8, 4) is 0 Å². The topological polar surface area (TPSA) is 41.4 Å². The Labute approximate surface area is 122 Å². The molecular formula is C14H18N4OS. The van der Waals surface area contributed by atoms with Crippen LogP contribution in [0.5, 0.6) is 0 Å². The van der Waals surface area contributed by atoms with Crippen molar-refractivity contribution in [1.82, 2.24) is 19.4 Å². The van der Waals surface area contributed by atoms with Crippen LogP contribution in [0.1, 0.15) is 21.5 Å². The standard InChI is InChI=1S/C14H18N4OS/c1-16-7-8-18(14(19)12-4-3-9-20-12)10-11(16)13-15-5-6-17(13)2/h3-6,9,11H,7-8,10H2,1-2H3. The van der Waals surface area contributed by atoms with E-state index in [1.807, 2.05) is 46.4 Å². The second kappa shape index (κ2) is 5.38. The van der Waals surface area contributed by atoms with Crippen molar-refractivity contribution in [3.05, 3.63) is 40.6 Å². The molecule has 1 amide bonds. The van der Waals surface area contributed by atoms with Crippen LogP contribution in [0.25, 0.3) is 0 Å². The van der Waals surface area contributed by atoms with Crippen molar-refractivity contribution in [3.63, 3.8) is 0 Å². The molecule has 0 aromatic carbocycles. The van der Waals surface area contributed by atoms with E-state index in [4.69, 9.17) is 0 Å². The molecule has 20 heavy (non-hydrogen) atoms. The first-order chi connectivity index (χ1) is 9.66. The molecule has 1 aliphatic rings. The van der Waals surface area contributed by atoms with Crippen LogP contribution >= 0.6 is 11.3 Å². The number of thiophene rings is 1. The van der Waals surface area contributed by atoms with Gasteiger partial charge in [-0.15, -0.1) is 11.3 Å². The SMILES string of the molecule is CN1CCN(C(=O)c2cccs2)CC1c1nccn1C. The summed E-state index contributed by atoms with van der Waals surface area (Å²) in [6.07, 6.45) is 3.76. The van der Waals surface area contributed by atoms with E-state index in [-0.39, 0.29) is 11.9 Å². The van der Waals surface area contributed by atoms with Crippen LogP contribution in [0, 0.1) is 0 Å². The average Bonchev–Trinajstić information content (AvgIpc) is 3.10. The lowest BCUT2D eigenvalue weighted by atomic mass is 10.1. The van der Waals surface area contributed by atoms with Crippen LogP contribution in [0.2, 0.25) is 0 Å². The van der Waals surface area contributed by atoms with Gasteiger partial charge >= 0.3 is 0 Å². The number of hydrogen-bond donors (Lipinski definition) is 0. The minimum absolute atomic E-state index is 0.132. The van der Waals surface area contributed by atoms with Crippen molar-refractivity contribution in [2.24, 2.45) is 7.05 Å². The highest BCUT2D eigenvalue weighted by Gasteiger charge is 2.31. The van der Waals surface area contributed by atoms with Crippen molar-refractivity contribution in [2.45, 2.75) is 6.04 Å². The number of carbonyl (C=O) groups is 1. The third-order valence-electron chi connectivity index (χ3n) is 3.82. The zero-order valence-electron chi connectivity index (χ0n) is 11.7. The number of carbonyl (C=O) groups excluding carboxylic acids is 1. The number of aromatic nitrogens is 2. The maximum atomic E-state index is 12.5. The minimum Gasteiger partial charge on any atom is -0.337 e. The van der Waals surface area contributed by atoms with Crippen molar-refractivity contribution in [2.75, 3.05) is 26.7 Å². The number of nitrogens with zero attached hydrogens (tertiary/aromatic N) is 4. The summed E-state index contributed by atoms with van der Waals surface area (Å²) in [4.78, 5) is 21.9. The van der Waals surface area contributed by atoms with Gasteiger partial charge in [0.25, 0.3) is 5.91 Å². The van der Waals surface area contributed by atoms with E-state index in [9.17, 15) is 4.79 Å². The van der Waals surface area contributed by atoms with Gasteiger partial charge in [0, 0.05) is 39.1 Å². The Bertz CT molecular complexity index is 592. The summed E-state index contributed by atoms with van der Waals surface area (Å²) in [5.41, 5.74) is 0. The first-order valence-electron chi connectivity index (χ1n) is 6.67. The van der Waals surface area contributed by atoms with Crippen molar-refractivity contribution in [1.29, 1.82) is 0 Å². The van der Waals surface area contributed by atoms with E-state index in [0.717, 1.165) is 23.8 Å². The lowest BCUT2D eigenvalue weighted by molar-refractivity contribution is 0.0533. The van der Waals surface area contributed by atoms with E-state index in [1.54, 1.807) is 0 Å². The van der Waals surface area contributed by atoms with E-state index < -0.39 is 0 Å². The van der Waals surface area contributed by atoms with Gasteiger partial charge in [0.15, 0.2) is 0 Å². The molecule has 6 heteroatoms. The minimum atomic E-state index is 0.132. The molecule has 2 aromatic rings. The van der Waals surface area contributed by atoms with Gasteiger partial charge in [-0.1, -0.05) is 6.07 Å². The summed E-state index contributed by atoms with van der Waals surface area (Å²) in [5, 5.41) is 1.94. The molecule has 106 valence electrons. The van der Waals surface area contributed by atoms with Gasteiger partial charge in [-0.25, -0.2) is 4.98 Å². The van der Waals surface area contributed by atoms with Crippen molar-refractivity contribution < 1.29 is 4.79 Å². The Morgan fingerprint density at radius 1 is 1.40 bits per heavy atom. The molecule has 0 saturated carbocycles. The van der Waals surface area contributed by atoms with Gasteiger partial charge in [0.2, 0.25) is 0 Å². The molecule has 1 atom stereocenters. The fourth-order valence-corrected chi connectivity index (χ4v) is 3.28. The number of piperazine rings is 1. The Balaban J connectivity index is 1.80. The molecule has 0 aliphatic carbocycles. The maximum absolute atomic E-state index is 12.5. The number of amides is 1. The average molecular weight is 290 g/mol. The van der Waals surface area contributed by atoms with Crippen LogP contribution in [0.3, 0.4) is 0 Å². The van der Waals surface area contributed by atoms with Crippen LogP contribution < -0.4 is 0 Å². The molecule has 0 radical (unpaired) electrons. The first-order valence-corrected chi connectivity index (χ1v) is 7.55.